The van der Waals surface area contributed by atoms with Crippen molar-refractivity contribution in [2.45, 2.75) is 32.2 Å². The number of piperidine rings is 1. The van der Waals surface area contributed by atoms with Crippen molar-refractivity contribution in [2.75, 3.05) is 38.5 Å². The van der Waals surface area contributed by atoms with Crippen LogP contribution in [0.5, 0.6) is 0 Å². The summed E-state index contributed by atoms with van der Waals surface area (Å²) in [5.74, 6) is 1.76. The average molecular weight is 228 g/mol. The number of rotatable bonds is 3. The SMILES string of the molecule is CC(CS)CN1CCN2CCCCC2C1. The van der Waals surface area contributed by atoms with Gasteiger partial charge in [-0.2, -0.15) is 12.6 Å². The van der Waals surface area contributed by atoms with Crippen molar-refractivity contribution in [3.63, 3.8) is 0 Å². The quantitative estimate of drug-likeness (QED) is 0.735. The lowest BCUT2D eigenvalue weighted by atomic mass is 9.99. The molecule has 2 heterocycles. The van der Waals surface area contributed by atoms with Crippen LogP contribution >= 0.6 is 12.6 Å². The Bertz CT molecular complexity index is 198. The van der Waals surface area contributed by atoms with Crippen molar-refractivity contribution in [3.05, 3.63) is 0 Å². The third-order valence-electron chi connectivity index (χ3n) is 3.80. The van der Waals surface area contributed by atoms with E-state index >= 15 is 0 Å². The van der Waals surface area contributed by atoms with Crippen LogP contribution in [-0.2, 0) is 0 Å². The molecule has 2 saturated heterocycles. The maximum Gasteiger partial charge on any atom is 0.0223 e. The fraction of sp³-hybridized carbons (Fsp3) is 1.00. The van der Waals surface area contributed by atoms with Gasteiger partial charge in [-0.3, -0.25) is 4.90 Å². The zero-order valence-corrected chi connectivity index (χ0v) is 10.8. The number of hydrogen-bond donors (Lipinski definition) is 1. The molecule has 2 aliphatic heterocycles. The Morgan fingerprint density at radius 2 is 2.13 bits per heavy atom. The first-order valence-electron chi connectivity index (χ1n) is 6.37. The van der Waals surface area contributed by atoms with Gasteiger partial charge >= 0.3 is 0 Å². The van der Waals surface area contributed by atoms with E-state index in [1.165, 1.54) is 52.0 Å². The first kappa shape index (κ1) is 11.7. The normalized spacial score (nSPS) is 31.2. The second-order valence-corrected chi connectivity index (χ2v) is 5.60. The molecule has 2 aliphatic rings. The summed E-state index contributed by atoms with van der Waals surface area (Å²) < 4.78 is 0. The van der Waals surface area contributed by atoms with E-state index in [9.17, 15) is 0 Å². The summed E-state index contributed by atoms with van der Waals surface area (Å²) in [6.07, 6.45) is 4.28. The highest BCUT2D eigenvalue weighted by Crippen LogP contribution is 2.21. The van der Waals surface area contributed by atoms with E-state index in [0.29, 0.717) is 0 Å². The molecule has 2 atom stereocenters. The minimum absolute atomic E-state index is 0.739. The third kappa shape index (κ3) is 3.11. The van der Waals surface area contributed by atoms with E-state index in [2.05, 4.69) is 29.4 Å². The number of hydrogen-bond acceptors (Lipinski definition) is 3. The standard InChI is InChI=1S/C12H24N2S/c1-11(10-15)8-13-6-7-14-5-3-2-4-12(14)9-13/h11-12,15H,2-10H2,1H3. The summed E-state index contributed by atoms with van der Waals surface area (Å²) in [6.45, 7) is 8.77. The zero-order chi connectivity index (χ0) is 10.7. The molecule has 88 valence electrons. The smallest absolute Gasteiger partial charge is 0.0223 e. The lowest BCUT2D eigenvalue weighted by Crippen LogP contribution is -2.55. The van der Waals surface area contributed by atoms with Crippen molar-refractivity contribution < 1.29 is 0 Å². The average Bonchev–Trinajstić information content (AvgIpc) is 2.29. The van der Waals surface area contributed by atoms with E-state index in [0.717, 1.165) is 17.7 Å². The summed E-state index contributed by atoms with van der Waals surface area (Å²) >= 11 is 4.37. The molecule has 0 aromatic carbocycles. The minimum atomic E-state index is 0.739. The highest BCUT2D eigenvalue weighted by Gasteiger charge is 2.28. The van der Waals surface area contributed by atoms with Gasteiger partial charge in [-0.05, 0) is 31.1 Å². The molecule has 3 heteroatoms. The van der Waals surface area contributed by atoms with Crippen LogP contribution in [0, 0.1) is 5.92 Å². The fourth-order valence-corrected chi connectivity index (χ4v) is 3.00. The fourth-order valence-electron chi connectivity index (χ4n) is 2.88. The topological polar surface area (TPSA) is 6.48 Å². The highest BCUT2D eigenvalue weighted by atomic mass is 32.1. The molecular weight excluding hydrogens is 204 g/mol. The predicted molar refractivity (Wildman–Crippen MR) is 68.7 cm³/mol. The molecule has 2 rings (SSSR count). The number of piperazine rings is 1. The van der Waals surface area contributed by atoms with Crippen molar-refractivity contribution in [1.82, 2.24) is 9.80 Å². The molecule has 0 bridgehead atoms. The van der Waals surface area contributed by atoms with E-state index in [-0.39, 0.29) is 0 Å². The molecule has 15 heavy (non-hydrogen) atoms. The summed E-state index contributed by atoms with van der Waals surface area (Å²) in [5.41, 5.74) is 0. The maximum atomic E-state index is 4.37. The van der Waals surface area contributed by atoms with Crippen LogP contribution in [0.15, 0.2) is 0 Å². The Balaban J connectivity index is 1.80. The second-order valence-electron chi connectivity index (χ2n) is 5.23. The van der Waals surface area contributed by atoms with Gasteiger partial charge in [-0.25, -0.2) is 0 Å². The molecule has 0 aromatic rings. The van der Waals surface area contributed by atoms with Gasteiger partial charge < -0.3 is 4.90 Å². The second kappa shape index (κ2) is 5.55. The monoisotopic (exact) mass is 228 g/mol. The van der Waals surface area contributed by atoms with Gasteiger partial charge in [0.25, 0.3) is 0 Å². The van der Waals surface area contributed by atoms with E-state index in [1.54, 1.807) is 0 Å². The van der Waals surface area contributed by atoms with Crippen molar-refractivity contribution >= 4 is 12.6 Å². The molecule has 0 saturated carbocycles. The molecule has 0 aliphatic carbocycles. The van der Waals surface area contributed by atoms with Crippen LogP contribution in [0.3, 0.4) is 0 Å². The third-order valence-corrected chi connectivity index (χ3v) is 4.43. The van der Waals surface area contributed by atoms with Crippen molar-refractivity contribution in [1.29, 1.82) is 0 Å². The molecule has 0 amide bonds. The first-order valence-corrected chi connectivity index (χ1v) is 7.00. The van der Waals surface area contributed by atoms with Crippen LogP contribution in [0.2, 0.25) is 0 Å². The van der Waals surface area contributed by atoms with Crippen LogP contribution in [0.1, 0.15) is 26.2 Å². The number of nitrogens with zero attached hydrogens (tertiary/aromatic N) is 2. The summed E-state index contributed by atoms with van der Waals surface area (Å²) in [5, 5.41) is 0. The summed E-state index contributed by atoms with van der Waals surface area (Å²) in [4.78, 5) is 5.35. The van der Waals surface area contributed by atoms with Gasteiger partial charge in [-0.15, -0.1) is 0 Å². The highest BCUT2D eigenvalue weighted by molar-refractivity contribution is 7.80. The van der Waals surface area contributed by atoms with Gasteiger partial charge in [0.15, 0.2) is 0 Å². The Morgan fingerprint density at radius 3 is 2.93 bits per heavy atom. The molecular formula is C12H24N2S. The molecule has 2 unspecified atom stereocenters. The summed E-state index contributed by atoms with van der Waals surface area (Å²) in [6, 6.07) is 0.861. The Kier molecular flexibility index (Phi) is 4.35. The van der Waals surface area contributed by atoms with Gasteiger partial charge in [-0.1, -0.05) is 13.3 Å². The van der Waals surface area contributed by atoms with Crippen LogP contribution in [0.4, 0.5) is 0 Å². The lowest BCUT2D eigenvalue weighted by molar-refractivity contribution is 0.0444. The molecule has 0 N–H and O–H groups in total. The van der Waals surface area contributed by atoms with Gasteiger partial charge in [0.1, 0.15) is 0 Å². The largest absolute Gasteiger partial charge is 0.300 e. The van der Waals surface area contributed by atoms with Crippen molar-refractivity contribution in [3.8, 4) is 0 Å². The number of thiol groups is 1. The molecule has 2 fully saturated rings. The van der Waals surface area contributed by atoms with Crippen LogP contribution in [-0.4, -0.2) is 54.3 Å². The lowest BCUT2D eigenvalue weighted by Gasteiger charge is -2.44. The van der Waals surface area contributed by atoms with Gasteiger partial charge in [0.05, 0.1) is 0 Å². The summed E-state index contributed by atoms with van der Waals surface area (Å²) in [7, 11) is 0. The predicted octanol–water partition coefficient (Wildman–Crippen LogP) is 1.72. The first-order chi connectivity index (χ1) is 7.29. The maximum absolute atomic E-state index is 4.37. The Labute approximate surface area is 99.4 Å². The van der Waals surface area contributed by atoms with E-state index < -0.39 is 0 Å². The van der Waals surface area contributed by atoms with E-state index in [4.69, 9.17) is 0 Å². The van der Waals surface area contributed by atoms with Crippen molar-refractivity contribution in [2.24, 2.45) is 5.92 Å². The zero-order valence-electron chi connectivity index (χ0n) is 9.86. The minimum Gasteiger partial charge on any atom is -0.300 e. The molecule has 0 spiro atoms. The van der Waals surface area contributed by atoms with Crippen LogP contribution in [0.25, 0.3) is 0 Å². The van der Waals surface area contributed by atoms with Crippen LogP contribution < -0.4 is 0 Å². The molecule has 0 radical (unpaired) electrons. The van der Waals surface area contributed by atoms with Gasteiger partial charge in [0, 0.05) is 32.2 Å². The van der Waals surface area contributed by atoms with E-state index in [1.807, 2.05) is 0 Å². The molecule has 2 nitrogen and oxygen atoms in total. The Hall–Kier alpha value is 0.270. The number of fused-ring (bicyclic) bond motifs is 1. The Morgan fingerprint density at radius 1 is 1.27 bits per heavy atom. The molecule has 0 aromatic heterocycles. The van der Waals surface area contributed by atoms with Gasteiger partial charge in [0.2, 0.25) is 0 Å².